The van der Waals surface area contributed by atoms with Gasteiger partial charge in [-0.25, -0.2) is 9.18 Å². The van der Waals surface area contributed by atoms with Crippen LogP contribution < -0.4 is 4.90 Å². The Kier molecular flexibility index (Phi) is 3.95. The zero-order valence-electron chi connectivity index (χ0n) is 10.6. The number of carboxylic acids is 1. The fourth-order valence-corrected chi connectivity index (χ4v) is 3.05. The predicted octanol–water partition coefficient (Wildman–Crippen LogP) is 1.18. The molecule has 1 saturated heterocycles. The lowest BCUT2D eigenvalue weighted by Gasteiger charge is -2.17. The van der Waals surface area contributed by atoms with Gasteiger partial charge in [0.05, 0.1) is 17.0 Å². The van der Waals surface area contributed by atoms with Crippen molar-refractivity contribution in [1.82, 2.24) is 0 Å². The Balaban J connectivity index is 2.28. The van der Waals surface area contributed by atoms with Crippen LogP contribution in [0.25, 0.3) is 0 Å². The Bertz CT molecular complexity index is 704. The van der Waals surface area contributed by atoms with Crippen molar-refractivity contribution in [3.05, 3.63) is 29.6 Å². The van der Waals surface area contributed by atoms with E-state index in [-0.39, 0.29) is 24.2 Å². The Morgan fingerprint density at radius 1 is 1.43 bits per heavy atom. The highest BCUT2D eigenvalue weighted by Crippen LogP contribution is 2.29. The molecule has 1 aliphatic rings. The molecule has 0 bridgehead atoms. The molecule has 114 valence electrons. The second kappa shape index (κ2) is 5.40. The summed E-state index contributed by atoms with van der Waals surface area (Å²) in [6.45, 7) is -0.179. The van der Waals surface area contributed by atoms with Crippen LogP contribution in [0.4, 0.5) is 14.0 Å². The molecule has 1 aromatic carbocycles. The number of rotatable bonds is 4. The molecule has 1 N–H and O–H groups in total. The van der Waals surface area contributed by atoms with Crippen LogP contribution in [0.1, 0.15) is 16.8 Å². The van der Waals surface area contributed by atoms with E-state index in [2.05, 4.69) is 0 Å². The molecular weight excluding hydrogens is 308 g/mol. The summed E-state index contributed by atoms with van der Waals surface area (Å²) in [6, 6.07) is 2.94. The standard InChI is InChI=1S/C12H11F2NO5S/c13-9-2-1-8(12(17)18)4-10(9)15-5-7(3-11(15)16)6-21(14,19)20/h1-2,4,7H,3,5-6H2,(H,17,18). The Morgan fingerprint density at radius 2 is 2.10 bits per heavy atom. The number of nitrogens with zero attached hydrogens (tertiary/aromatic N) is 1. The van der Waals surface area contributed by atoms with Gasteiger partial charge in [-0.2, -0.15) is 8.42 Å². The zero-order chi connectivity index (χ0) is 15.8. The number of halogens is 2. The monoisotopic (exact) mass is 319 g/mol. The van der Waals surface area contributed by atoms with Crippen LogP contribution in [0.3, 0.4) is 0 Å². The van der Waals surface area contributed by atoms with Gasteiger partial charge in [0.15, 0.2) is 0 Å². The molecule has 1 aromatic rings. The summed E-state index contributed by atoms with van der Waals surface area (Å²) < 4.78 is 47.6. The van der Waals surface area contributed by atoms with Gasteiger partial charge in [0.1, 0.15) is 5.82 Å². The van der Waals surface area contributed by atoms with E-state index in [1.54, 1.807) is 0 Å². The van der Waals surface area contributed by atoms with E-state index >= 15 is 0 Å². The molecule has 1 atom stereocenters. The molecule has 1 heterocycles. The van der Waals surface area contributed by atoms with Crippen LogP contribution >= 0.6 is 0 Å². The summed E-state index contributed by atoms with van der Waals surface area (Å²) in [7, 11) is -4.74. The van der Waals surface area contributed by atoms with E-state index in [4.69, 9.17) is 5.11 Å². The maximum absolute atomic E-state index is 13.7. The van der Waals surface area contributed by atoms with E-state index < -0.39 is 39.6 Å². The second-order valence-electron chi connectivity index (χ2n) is 4.75. The van der Waals surface area contributed by atoms with E-state index in [1.807, 2.05) is 0 Å². The zero-order valence-corrected chi connectivity index (χ0v) is 11.4. The number of benzene rings is 1. The maximum atomic E-state index is 13.7. The molecule has 1 amide bonds. The number of carboxylic acid groups (broad SMARTS) is 1. The van der Waals surface area contributed by atoms with Gasteiger partial charge in [-0.3, -0.25) is 4.79 Å². The number of amides is 1. The maximum Gasteiger partial charge on any atom is 0.335 e. The number of carbonyl (C=O) groups is 2. The molecule has 0 radical (unpaired) electrons. The fourth-order valence-electron chi connectivity index (χ4n) is 2.26. The van der Waals surface area contributed by atoms with Gasteiger partial charge in [-0.1, -0.05) is 0 Å². The fraction of sp³-hybridized carbons (Fsp3) is 0.333. The van der Waals surface area contributed by atoms with Crippen molar-refractivity contribution >= 4 is 27.8 Å². The highest BCUT2D eigenvalue weighted by atomic mass is 32.3. The molecule has 1 fully saturated rings. The number of carbonyl (C=O) groups excluding carboxylic acids is 1. The van der Waals surface area contributed by atoms with E-state index in [0.29, 0.717) is 0 Å². The first kappa shape index (κ1) is 15.4. The summed E-state index contributed by atoms with van der Waals surface area (Å²) in [5.74, 6) is -4.29. The third-order valence-corrected chi connectivity index (χ3v) is 3.99. The summed E-state index contributed by atoms with van der Waals surface area (Å²) in [5, 5.41) is 8.86. The van der Waals surface area contributed by atoms with Crippen molar-refractivity contribution in [3.8, 4) is 0 Å². The summed E-state index contributed by atoms with van der Waals surface area (Å²) in [6.07, 6.45) is -0.236. The lowest BCUT2D eigenvalue weighted by Crippen LogP contribution is -2.26. The molecule has 0 aliphatic carbocycles. The molecule has 6 nitrogen and oxygen atoms in total. The van der Waals surface area contributed by atoms with E-state index in [1.165, 1.54) is 0 Å². The van der Waals surface area contributed by atoms with Gasteiger partial charge >= 0.3 is 16.2 Å². The minimum absolute atomic E-state index is 0.179. The SMILES string of the molecule is O=C(O)c1ccc(F)c(N2CC(CS(=O)(=O)F)CC2=O)c1. The molecule has 0 aromatic heterocycles. The van der Waals surface area contributed by atoms with Gasteiger partial charge < -0.3 is 10.0 Å². The molecule has 0 saturated carbocycles. The van der Waals surface area contributed by atoms with E-state index in [9.17, 15) is 26.3 Å². The minimum atomic E-state index is -4.74. The molecule has 1 unspecified atom stereocenters. The minimum Gasteiger partial charge on any atom is -0.478 e. The quantitative estimate of drug-likeness (QED) is 0.841. The van der Waals surface area contributed by atoms with Crippen LogP contribution in [0, 0.1) is 11.7 Å². The Morgan fingerprint density at radius 3 is 2.67 bits per heavy atom. The number of anilines is 1. The highest BCUT2D eigenvalue weighted by molar-refractivity contribution is 7.86. The number of hydrogen-bond donors (Lipinski definition) is 1. The van der Waals surface area contributed by atoms with Crippen molar-refractivity contribution in [2.75, 3.05) is 17.2 Å². The molecule has 2 rings (SSSR count). The van der Waals surface area contributed by atoms with Crippen LogP contribution in [0.2, 0.25) is 0 Å². The second-order valence-corrected chi connectivity index (χ2v) is 6.16. The average molecular weight is 319 g/mol. The first-order valence-corrected chi connectivity index (χ1v) is 7.48. The Hall–Kier alpha value is -2.03. The first-order valence-electron chi connectivity index (χ1n) is 5.93. The van der Waals surface area contributed by atoms with E-state index in [0.717, 1.165) is 23.1 Å². The summed E-state index contributed by atoms with van der Waals surface area (Å²) in [4.78, 5) is 23.6. The highest BCUT2D eigenvalue weighted by Gasteiger charge is 2.35. The predicted molar refractivity (Wildman–Crippen MR) is 68.7 cm³/mol. The van der Waals surface area contributed by atoms with Gasteiger partial charge in [0.25, 0.3) is 0 Å². The van der Waals surface area contributed by atoms with Crippen LogP contribution in [0.15, 0.2) is 18.2 Å². The van der Waals surface area contributed by atoms with Gasteiger partial charge in [0, 0.05) is 18.9 Å². The lowest BCUT2D eigenvalue weighted by atomic mass is 10.1. The number of hydrogen-bond acceptors (Lipinski definition) is 4. The summed E-state index contributed by atoms with van der Waals surface area (Å²) in [5.41, 5.74) is -0.459. The van der Waals surface area contributed by atoms with Crippen molar-refractivity contribution in [2.45, 2.75) is 6.42 Å². The molecule has 9 heteroatoms. The average Bonchev–Trinajstić information content (AvgIpc) is 2.67. The third-order valence-electron chi connectivity index (χ3n) is 3.12. The van der Waals surface area contributed by atoms with Crippen molar-refractivity contribution < 1.29 is 31.4 Å². The third kappa shape index (κ3) is 3.54. The lowest BCUT2D eigenvalue weighted by molar-refractivity contribution is -0.117. The van der Waals surface area contributed by atoms with Gasteiger partial charge in [0.2, 0.25) is 5.91 Å². The van der Waals surface area contributed by atoms with Gasteiger partial charge in [-0.05, 0) is 18.2 Å². The van der Waals surface area contributed by atoms with Crippen molar-refractivity contribution in [1.29, 1.82) is 0 Å². The topological polar surface area (TPSA) is 91.8 Å². The molecule has 21 heavy (non-hydrogen) atoms. The number of aromatic carboxylic acids is 1. The van der Waals surface area contributed by atoms with Crippen molar-refractivity contribution in [2.24, 2.45) is 5.92 Å². The van der Waals surface area contributed by atoms with Crippen LogP contribution in [-0.4, -0.2) is 37.7 Å². The van der Waals surface area contributed by atoms with Crippen molar-refractivity contribution in [3.63, 3.8) is 0 Å². The molecule has 0 spiro atoms. The molecular formula is C12H11F2NO5S. The van der Waals surface area contributed by atoms with Crippen LogP contribution in [-0.2, 0) is 15.0 Å². The van der Waals surface area contributed by atoms with Gasteiger partial charge in [-0.15, -0.1) is 3.89 Å². The normalized spacial score (nSPS) is 19.0. The smallest absolute Gasteiger partial charge is 0.335 e. The first-order chi connectivity index (χ1) is 9.67. The Labute approximate surface area is 119 Å². The largest absolute Gasteiger partial charge is 0.478 e. The van der Waals surface area contributed by atoms with Crippen LogP contribution in [0.5, 0.6) is 0 Å². The molecule has 1 aliphatic heterocycles. The summed E-state index contributed by atoms with van der Waals surface area (Å²) >= 11 is 0.